The van der Waals surface area contributed by atoms with E-state index in [1.54, 1.807) is 23.0 Å². The SMILES string of the molecule is COc1c(F)ccc2cc(-c3nc4cc5c(cc4n3C)CCN(CC(N)CF)C5=O)n(CC3CC3)c12.COc1cccc2cc(-c3nc4cc5c(cc4n3C)CCN(CC(N)C(C)F)C5=O)n(CC3CC3)c12. The minimum Gasteiger partial charge on any atom is -0.495 e. The quantitative estimate of drug-likeness (QED) is 0.110. The number of rotatable bonds is 14. The van der Waals surface area contributed by atoms with Crippen LogP contribution in [-0.2, 0) is 40.0 Å². The van der Waals surface area contributed by atoms with Gasteiger partial charge in [-0.05, 0) is 123 Å². The average molecular weight is 983 g/mol. The molecule has 4 aromatic carbocycles. The number of amides is 2. The second-order valence-corrected chi connectivity index (χ2v) is 20.3. The second-order valence-electron chi connectivity index (χ2n) is 20.3. The Morgan fingerprint density at radius 3 is 1.74 bits per heavy atom. The number of para-hydroxylation sites is 1. The van der Waals surface area contributed by atoms with E-state index in [9.17, 15) is 22.8 Å². The van der Waals surface area contributed by atoms with Gasteiger partial charge in [-0.25, -0.2) is 23.1 Å². The Hall–Kier alpha value is -6.85. The van der Waals surface area contributed by atoms with Gasteiger partial charge in [-0.15, -0.1) is 0 Å². The normalized spacial score (nSPS) is 17.1. The van der Waals surface area contributed by atoms with E-state index in [4.69, 9.17) is 30.9 Å². The van der Waals surface area contributed by atoms with E-state index in [0.717, 1.165) is 104 Å². The van der Waals surface area contributed by atoms with Crippen molar-refractivity contribution in [2.75, 3.05) is 47.1 Å². The van der Waals surface area contributed by atoms with E-state index in [1.807, 2.05) is 55.1 Å². The Kier molecular flexibility index (Phi) is 12.3. The number of carbonyl (C=O) groups is 2. The molecule has 0 spiro atoms. The van der Waals surface area contributed by atoms with Crippen LogP contribution in [0, 0.1) is 17.7 Å². The van der Waals surface area contributed by atoms with Crippen LogP contribution in [-0.4, -0.2) is 115 Å². The van der Waals surface area contributed by atoms with Gasteiger partial charge < -0.3 is 49.0 Å². The van der Waals surface area contributed by atoms with Gasteiger partial charge in [-0.2, -0.15) is 0 Å². The zero-order valence-electron chi connectivity index (χ0n) is 41.4. The van der Waals surface area contributed by atoms with E-state index >= 15 is 0 Å². The first kappa shape index (κ1) is 47.5. The largest absolute Gasteiger partial charge is 0.495 e. The zero-order chi connectivity index (χ0) is 50.3. The molecule has 8 aromatic rings. The standard InChI is InChI=1S/C28H32FN5O2.C27H29F2N5O2/c1-16(29)21(30)15-33-10-9-18-11-23-22(13-20(18)28(33)35)31-27(32(23)2)24-12-19-5-4-6-25(36-3)26(19)34(24)14-17-7-8-17;1-32-22-9-16-7-8-33(14-18(30)12-28)27(35)19(16)11-21(22)31-26(32)23-10-17-5-6-20(29)25(36-2)24(17)34(23)13-15-3-4-15/h4-6,11-13,16-17,21H,7-10,14-15,30H2,1-3H3;5-6,9-11,15,18H,3-4,7-8,12-14,30H2,1-2H3. The van der Waals surface area contributed by atoms with Crippen LogP contribution in [0.15, 0.2) is 66.7 Å². The summed E-state index contributed by atoms with van der Waals surface area (Å²) < 4.78 is 61.0. The van der Waals surface area contributed by atoms with Gasteiger partial charge in [0.25, 0.3) is 11.8 Å². The zero-order valence-corrected chi connectivity index (χ0v) is 41.4. The molecule has 0 saturated heterocycles. The molecule has 3 unspecified atom stereocenters. The molecule has 2 amide bonds. The lowest BCUT2D eigenvalue weighted by Gasteiger charge is -2.31. The first-order chi connectivity index (χ1) is 34.7. The molecule has 4 N–H and O–H groups in total. The Morgan fingerprint density at radius 1 is 0.708 bits per heavy atom. The van der Waals surface area contributed by atoms with Crippen LogP contribution >= 0.6 is 0 Å². The third-order valence-corrected chi connectivity index (χ3v) is 15.2. The van der Waals surface area contributed by atoms with Gasteiger partial charge in [0.15, 0.2) is 23.2 Å². The Labute approximate surface area is 415 Å². The molecule has 6 heterocycles. The van der Waals surface area contributed by atoms with Crippen LogP contribution in [0.25, 0.3) is 66.9 Å². The Balaban J connectivity index is 0.000000156. The summed E-state index contributed by atoms with van der Waals surface area (Å²) in [4.78, 5) is 39.6. The van der Waals surface area contributed by atoms with Crippen LogP contribution in [0.5, 0.6) is 11.5 Å². The fourth-order valence-electron chi connectivity index (χ4n) is 10.8. The van der Waals surface area contributed by atoms with Crippen molar-refractivity contribution < 1.29 is 32.2 Å². The lowest BCUT2D eigenvalue weighted by atomic mass is 9.97. The summed E-state index contributed by atoms with van der Waals surface area (Å²) in [5.41, 5.74) is 22.0. The van der Waals surface area contributed by atoms with Crippen LogP contribution < -0.4 is 20.9 Å². The molecule has 2 aliphatic heterocycles. The van der Waals surface area contributed by atoms with E-state index < -0.39 is 24.9 Å². The van der Waals surface area contributed by atoms with Crippen molar-refractivity contribution in [3.63, 3.8) is 0 Å². The highest BCUT2D eigenvalue weighted by Crippen LogP contribution is 2.42. The number of fused-ring (bicyclic) bond motifs is 6. The van der Waals surface area contributed by atoms with Gasteiger partial charge in [0.1, 0.15) is 18.6 Å². The topological polar surface area (TPSA) is 157 Å². The first-order valence-corrected chi connectivity index (χ1v) is 25.1. The molecule has 376 valence electrons. The van der Waals surface area contributed by atoms with Crippen molar-refractivity contribution in [1.29, 1.82) is 0 Å². The number of halogens is 3. The fourth-order valence-corrected chi connectivity index (χ4v) is 10.8. The lowest BCUT2D eigenvalue weighted by Crippen LogP contribution is -2.47. The number of alkyl halides is 2. The highest BCUT2D eigenvalue weighted by Gasteiger charge is 2.32. The number of aromatic nitrogens is 6. The maximum Gasteiger partial charge on any atom is 0.254 e. The number of ether oxygens (including phenoxy) is 2. The van der Waals surface area contributed by atoms with Gasteiger partial charge in [0.05, 0.1) is 70.8 Å². The Morgan fingerprint density at radius 2 is 1.24 bits per heavy atom. The maximum absolute atomic E-state index is 14.6. The van der Waals surface area contributed by atoms with Gasteiger partial charge in [0, 0.05) is 75.3 Å². The predicted octanol–water partition coefficient (Wildman–Crippen LogP) is 8.35. The number of imidazole rings is 2. The molecule has 2 fully saturated rings. The molecular weight excluding hydrogens is 922 g/mol. The fraction of sp³-hybridized carbons (Fsp3) is 0.418. The van der Waals surface area contributed by atoms with Crippen molar-refractivity contribution in [3.8, 4) is 34.5 Å². The molecule has 0 radical (unpaired) electrons. The van der Waals surface area contributed by atoms with Crippen molar-refractivity contribution in [3.05, 3.63) is 94.8 Å². The minimum atomic E-state index is -1.17. The molecule has 12 rings (SSSR count). The summed E-state index contributed by atoms with van der Waals surface area (Å²) in [5, 5.41) is 2.02. The van der Waals surface area contributed by atoms with Crippen LogP contribution in [0.3, 0.4) is 0 Å². The number of aryl methyl sites for hydroxylation is 2. The summed E-state index contributed by atoms with van der Waals surface area (Å²) in [5.74, 6) is 3.30. The number of methoxy groups -OCH3 is 2. The molecule has 4 aliphatic rings. The van der Waals surface area contributed by atoms with Crippen LogP contribution in [0.2, 0.25) is 0 Å². The van der Waals surface area contributed by atoms with Gasteiger partial charge in [-0.3, -0.25) is 9.59 Å². The van der Waals surface area contributed by atoms with E-state index in [1.165, 1.54) is 32.9 Å². The van der Waals surface area contributed by atoms with Crippen molar-refractivity contribution in [2.45, 2.75) is 76.8 Å². The van der Waals surface area contributed by atoms with Crippen molar-refractivity contribution in [1.82, 2.24) is 38.0 Å². The summed E-state index contributed by atoms with van der Waals surface area (Å²) in [7, 11) is 7.20. The molecular formula is C55H61F3N10O4. The van der Waals surface area contributed by atoms with E-state index in [2.05, 4.69) is 31.9 Å². The molecule has 17 heteroatoms. The highest BCUT2D eigenvalue weighted by atomic mass is 19.1. The van der Waals surface area contributed by atoms with Crippen LogP contribution in [0.4, 0.5) is 13.2 Å². The van der Waals surface area contributed by atoms with Gasteiger partial charge >= 0.3 is 0 Å². The summed E-state index contributed by atoms with van der Waals surface area (Å²) in [6.45, 7) is 3.92. The minimum absolute atomic E-state index is 0.103. The number of hydrogen-bond acceptors (Lipinski definition) is 8. The van der Waals surface area contributed by atoms with Gasteiger partial charge in [0.2, 0.25) is 0 Å². The third kappa shape index (κ3) is 8.43. The third-order valence-electron chi connectivity index (χ3n) is 15.2. The van der Waals surface area contributed by atoms with E-state index in [0.29, 0.717) is 54.4 Å². The average Bonchev–Trinajstić information content (AvgIpc) is 4.26. The number of carbonyl (C=O) groups excluding carboxylic acids is 2. The molecule has 72 heavy (non-hydrogen) atoms. The maximum atomic E-state index is 14.6. The molecule has 2 saturated carbocycles. The monoisotopic (exact) mass is 982 g/mol. The van der Waals surface area contributed by atoms with Gasteiger partial charge in [-0.1, -0.05) is 12.1 Å². The number of benzene rings is 4. The second kappa shape index (κ2) is 18.6. The summed E-state index contributed by atoms with van der Waals surface area (Å²) in [6, 6.07) is 20.0. The number of nitrogens with zero attached hydrogens (tertiary/aromatic N) is 8. The van der Waals surface area contributed by atoms with Crippen molar-refractivity contribution in [2.24, 2.45) is 37.4 Å². The predicted molar refractivity (Wildman–Crippen MR) is 274 cm³/mol. The highest BCUT2D eigenvalue weighted by molar-refractivity contribution is 6.02. The number of nitrogens with two attached hydrogens (primary N) is 2. The molecule has 14 nitrogen and oxygen atoms in total. The Bertz CT molecular complexity index is 3440. The smallest absolute Gasteiger partial charge is 0.254 e. The summed E-state index contributed by atoms with van der Waals surface area (Å²) >= 11 is 0. The van der Waals surface area contributed by atoms with Crippen LogP contribution in [0.1, 0.15) is 64.4 Å². The molecule has 3 atom stereocenters. The van der Waals surface area contributed by atoms with E-state index in [-0.39, 0.29) is 36.5 Å². The molecule has 0 bridgehead atoms. The molecule has 2 aliphatic carbocycles. The molecule has 4 aromatic heterocycles. The lowest BCUT2D eigenvalue weighted by molar-refractivity contribution is 0.0709. The summed E-state index contributed by atoms with van der Waals surface area (Å²) in [6.07, 6.45) is 5.01. The number of hydrogen-bond donors (Lipinski definition) is 2. The van der Waals surface area contributed by atoms with Crippen molar-refractivity contribution >= 4 is 55.7 Å². The first-order valence-electron chi connectivity index (χ1n) is 25.1.